The molecule has 5 rings (SSSR count). The molecule has 0 aliphatic heterocycles. The van der Waals surface area contributed by atoms with Crippen molar-refractivity contribution in [3.05, 3.63) is 109 Å². The summed E-state index contributed by atoms with van der Waals surface area (Å²) in [5, 5.41) is 8.60. The first kappa shape index (κ1) is 17.1. The van der Waals surface area contributed by atoms with Crippen molar-refractivity contribution >= 4 is 0 Å². The molecule has 0 atom stereocenters. The van der Waals surface area contributed by atoms with Crippen LogP contribution in [0.4, 0.5) is 0 Å². The van der Waals surface area contributed by atoms with Crippen molar-refractivity contribution in [3.8, 4) is 45.2 Å². The van der Waals surface area contributed by atoms with E-state index >= 15 is 0 Å². The zero-order valence-electron chi connectivity index (χ0n) is 15.7. The summed E-state index contributed by atoms with van der Waals surface area (Å²) in [5.41, 5.74) is 6.36. The summed E-state index contributed by atoms with van der Waals surface area (Å²) in [6.45, 7) is 0. The molecule has 0 bridgehead atoms. The third kappa shape index (κ3) is 3.46. The molecule has 0 amide bonds. The zero-order valence-corrected chi connectivity index (χ0v) is 15.7. The van der Waals surface area contributed by atoms with Gasteiger partial charge in [0.25, 0.3) is 0 Å². The average molecular weight is 374 g/mol. The molecule has 138 valence electrons. The van der Waals surface area contributed by atoms with Crippen LogP contribution in [-0.2, 0) is 0 Å². The quantitative estimate of drug-likeness (QED) is 0.350. The summed E-state index contributed by atoms with van der Waals surface area (Å²) < 4.78 is 6.04. The summed E-state index contributed by atoms with van der Waals surface area (Å²) >= 11 is 0. The van der Waals surface area contributed by atoms with E-state index in [0.717, 1.165) is 27.8 Å². The number of benzene rings is 4. The fourth-order valence-corrected chi connectivity index (χ4v) is 3.42. The van der Waals surface area contributed by atoms with Gasteiger partial charge in [-0.1, -0.05) is 91.0 Å². The molecule has 5 aromatic rings. The van der Waals surface area contributed by atoms with Crippen molar-refractivity contribution in [2.24, 2.45) is 0 Å². The van der Waals surface area contributed by atoms with Gasteiger partial charge >= 0.3 is 0 Å². The molecule has 0 radical (unpaired) electrons. The summed E-state index contributed by atoms with van der Waals surface area (Å²) in [6, 6.07) is 36.8. The molecular formula is C26H18N2O. The first-order valence-electron chi connectivity index (χ1n) is 9.53. The molecular weight excluding hydrogens is 356 g/mol. The van der Waals surface area contributed by atoms with E-state index in [9.17, 15) is 0 Å². The lowest BCUT2D eigenvalue weighted by Crippen LogP contribution is -1.84. The van der Waals surface area contributed by atoms with E-state index in [-0.39, 0.29) is 0 Å². The summed E-state index contributed by atoms with van der Waals surface area (Å²) in [4.78, 5) is 0. The van der Waals surface area contributed by atoms with Crippen LogP contribution in [0.5, 0.6) is 0 Å². The number of nitrogens with zero attached hydrogens (tertiary/aromatic N) is 2. The molecule has 3 heteroatoms. The molecule has 0 aliphatic carbocycles. The summed E-state index contributed by atoms with van der Waals surface area (Å²) in [6.07, 6.45) is 0. The number of hydrogen-bond donors (Lipinski definition) is 0. The van der Waals surface area contributed by atoms with E-state index in [1.807, 2.05) is 66.7 Å². The number of rotatable bonds is 4. The molecule has 0 saturated heterocycles. The predicted octanol–water partition coefficient (Wildman–Crippen LogP) is 6.74. The Hall–Kier alpha value is -3.98. The van der Waals surface area contributed by atoms with Crippen LogP contribution in [0.1, 0.15) is 0 Å². The normalized spacial score (nSPS) is 10.8. The van der Waals surface area contributed by atoms with Gasteiger partial charge in [-0.05, 0) is 40.5 Å². The van der Waals surface area contributed by atoms with E-state index in [4.69, 9.17) is 4.42 Å². The van der Waals surface area contributed by atoms with E-state index < -0.39 is 0 Å². The second kappa shape index (κ2) is 7.56. The Balaban J connectivity index is 1.48. The highest BCUT2D eigenvalue weighted by Gasteiger charge is 2.14. The van der Waals surface area contributed by atoms with Gasteiger partial charge in [0.05, 0.1) is 0 Å². The summed E-state index contributed by atoms with van der Waals surface area (Å²) in [5.74, 6) is 1.04. The highest BCUT2D eigenvalue weighted by molar-refractivity contribution is 5.80. The van der Waals surface area contributed by atoms with Crippen molar-refractivity contribution in [1.29, 1.82) is 0 Å². The van der Waals surface area contributed by atoms with Gasteiger partial charge in [-0.25, -0.2) is 0 Å². The molecule has 3 nitrogen and oxygen atoms in total. The molecule has 1 aromatic heterocycles. The Morgan fingerprint density at radius 2 is 0.862 bits per heavy atom. The van der Waals surface area contributed by atoms with Crippen LogP contribution in [0.2, 0.25) is 0 Å². The monoisotopic (exact) mass is 374 g/mol. The largest absolute Gasteiger partial charge is 0.416 e. The van der Waals surface area contributed by atoms with Crippen LogP contribution in [0.15, 0.2) is 114 Å². The van der Waals surface area contributed by atoms with Crippen molar-refractivity contribution in [2.75, 3.05) is 0 Å². The van der Waals surface area contributed by atoms with E-state index in [0.29, 0.717) is 11.8 Å². The lowest BCUT2D eigenvalue weighted by Gasteiger charge is -2.06. The Bertz CT molecular complexity index is 1230. The molecule has 0 aliphatic rings. The smallest absolute Gasteiger partial charge is 0.248 e. The van der Waals surface area contributed by atoms with E-state index in [2.05, 4.69) is 52.7 Å². The maximum atomic E-state index is 6.04. The van der Waals surface area contributed by atoms with Gasteiger partial charge in [0, 0.05) is 11.1 Å². The van der Waals surface area contributed by atoms with Crippen LogP contribution in [0, 0.1) is 0 Å². The number of aromatic nitrogens is 2. The van der Waals surface area contributed by atoms with Crippen LogP contribution in [0.25, 0.3) is 45.2 Å². The standard InChI is InChI=1S/C26H18N2O/c1-3-9-19(10-4-1)20-15-17-22(18-16-20)25-27-28-26(29-25)24-14-8-7-13-23(24)21-11-5-2-6-12-21/h1-18H. The molecule has 29 heavy (non-hydrogen) atoms. The Kier molecular flexibility index (Phi) is 4.47. The lowest BCUT2D eigenvalue weighted by molar-refractivity contribution is 0.585. The van der Waals surface area contributed by atoms with E-state index in [1.54, 1.807) is 0 Å². The molecule has 0 unspecified atom stereocenters. The summed E-state index contributed by atoms with van der Waals surface area (Å²) in [7, 11) is 0. The van der Waals surface area contributed by atoms with Gasteiger partial charge in [0.1, 0.15) is 0 Å². The van der Waals surface area contributed by atoms with Crippen molar-refractivity contribution in [2.45, 2.75) is 0 Å². The van der Waals surface area contributed by atoms with Crippen molar-refractivity contribution < 1.29 is 4.42 Å². The Morgan fingerprint density at radius 3 is 1.55 bits per heavy atom. The fraction of sp³-hybridized carbons (Fsp3) is 0. The highest BCUT2D eigenvalue weighted by atomic mass is 16.4. The van der Waals surface area contributed by atoms with E-state index in [1.165, 1.54) is 5.56 Å². The van der Waals surface area contributed by atoms with Gasteiger partial charge in [0.15, 0.2) is 0 Å². The first-order valence-corrected chi connectivity index (χ1v) is 9.53. The maximum Gasteiger partial charge on any atom is 0.248 e. The van der Waals surface area contributed by atoms with Gasteiger partial charge in [0.2, 0.25) is 11.8 Å². The van der Waals surface area contributed by atoms with Gasteiger partial charge < -0.3 is 4.42 Å². The maximum absolute atomic E-state index is 6.04. The van der Waals surface area contributed by atoms with Crippen molar-refractivity contribution in [3.63, 3.8) is 0 Å². The zero-order chi connectivity index (χ0) is 19.5. The van der Waals surface area contributed by atoms with Gasteiger partial charge in [-0.15, -0.1) is 10.2 Å². The fourth-order valence-electron chi connectivity index (χ4n) is 3.42. The minimum atomic E-state index is 0.516. The van der Waals surface area contributed by atoms with Gasteiger partial charge in [-0.3, -0.25) is 0 Å². The second-order valence-electron chi connectivity index (χ2n) is 6.77. The molecule has 4 aromatic carbocycles. The molecule has 0 N–H and O–H groups in total. The van der Waals surface area contributed by atoms with Crippen molar-refractivity contribution in [1.82, 2.24) is 10.2 Å². The minimum Gasteiger partial charge on any atom is -0.416 e. The Labute approximate surface area is 169 Å². The molecule has 1 heterocycles. The molecule has 0 saturated carbocycles. The second-order valence-corrected chi connectivity index (χ2v) is 6.77. The first-order chi connectivity index (χ1) is 14.4. The Morgan fingerprint density at radius 1 is 0.379 bits per heavy atom. The van der Waals surface area contributed by atoms with Crippen LogP contribution in [-0.4, -0.2) is 10.2 Å². The topological polar surface area (TPSA) is 38.9 Å². The number of hydrogen-bond acceptors (Lipinski definition) is 3. The van der Waals surface area contributed by atoms with Crippen LogP contribution < -0.4 is 0 Å². The third-order valence-corrected chi connectivity index (χ3v) is 4.91. The average Bonchev–Trinajstić information content (AvgIpc) is 3.31. The minimum absolute atomic E-state index is 0.516. The predicted molar refractivity (Wildman–Crippen MR) is 116 cm³/mol. The SMILES string of the molecule is c1ccc(-c2ccc(-c3nnc(-c4ccccc4-c4ccccc4)o3)cc2)cc1. The van der Waals surface area contributed by atoms with Crippen LogP contribution >= 0.6 is 0 Å². The molecule has 0 fully saturated rings. The van der Waals surface area contributed by atoms with Crippen LogP contribution in [0.3, 0.4) is 0 Å². The molecule has 0 spiro atoms. The highest BCUT2D eigenvalue weighted by Crippen LogP contribution is 2.33. The van der Waals surface area contributed by atoms with Gasteiger partial charge in [-0.2, -0.15) is 0 Å². The third-order valence-electron chi connectivity index (χ3n) is 4.91. The lowest BCUT2D eigenvalue weighted by atomic mass is 10.00.